The van der Waals surface area contributed by atoms with Crippen LogP contribution in [0.1, 0.15) is 25.7 Å². The molecule has 2 N–H and O–H groups in total. The molecule has 0 radical (unpaired) electrons. The Morgan fingerprint density at radius 1 is 1.45 bits per heavy atom. The van der Waals surface area contributed by atoms with Gasteiger partial charge < -0.3 is 14.7 Å². The minimum atomic E-state index is -3.36. The number of sulfonamides is 1. The molecule has 0 aromatic carbocycles. The maximum atomic E-state index is 11.9. The number of hydrogen-bond donors (Lipinski definition) is 2. The molecule has 1 amide bonds. The first-order chi connectivity index (χ1) is 9.32. The van der Waals surface area contributed by atoms with Crippen LogP contribution in [0, 0.1) is 0 Å². The molecule has 8 heteroatoms. The highest BCUT2D eigenvalue weighted by molar-refractivity contribution is 7.88. The van der Waals surface area contributed by atoms with Crippen molar-refractivity contribution in [3.05, 3.63) is 0 Å². The number of carbonyl (C=O) groups is 1. The molecule has 7 nitrogen and oxygen atoms in total. The smallest absolute Gasteiger partial charge is 0.237 e. The van der Waals surface area contributed by atoms with Crippen LogP contribution >= 0.6 is 0 Å². The molecule has 2 aliphatic rings. The van der Waals surface area contributed by atoms with Gasteiger partial charge in [-0.3, -0.25) is 4.79 Å². The Bertz CT molecular complexity index is 456. The lowest BCUT2D eigenvalue weighted by Gasteiger charge is -2.46. The number of carbonyl (C=O) groups excluding carboxylic acids is 1. The third kappa shape index (κ3) is 3.69. The van der Waals surface area contributed by atoms with Crippen LogP contribution in [0.2, 0.25) is 0 Å². The van der Waals surface area contributed by atoms with Crippen molar-refractivity contribution >= 4 is 15.9 Å². The molecular formula is C12H22N2O5S. The lowest BCUT2D eigenvalue weighted by molar-refractivity contribution is -0.179. The van der Waals surface area contributed by atoms with E-state index in [0.717, 1.165) is 19.1 Å². The second-order valence-corrected chi connectivity index (χ2v) is 7.38. The van der Waals surface area contributed by atoms with Gasteiger partial charge in [0.1, 0.15) is 0 Å². The van der Waals surface area contributed by atoms with E-state index in [9.17, 15) is 18.3 Å². The fourth-order valence-electron chi connectivity index (χ4n) is 2.83. The summed E-state index contributed by atoms with van der Waals surface area (Å²) in [5, 5.41) is 10.1. The van der Waals surface area contributed by atoms with Gasteiger partial charge in [0.15, 0.2) is 0 Å². The summed E-state index contributed by atoms with van der Waals surface area (Å²) < 4.78 is 29.9. The van der Waals surface area contributed by atoms with Crippen LogP contribution in [0.3, 0.4) is 0 Å². The molecule has 1 spiro atoms. The maximum absolute atomic E-state index is 11.9. The summed E-state index contributed by atoms with van der Waals surface area (Å²) in [6, 6.07) is 0. The number of piperidine rings is 1. The normalized spacial score (nSPS) is 26.7. The molecule has 2 saturated heterocycles. The number of hydrogen-bond acceptors (Lipinski definition) is 5. The quantitative estimate of drug-likeness (QED) is 0.702. The van der Waals surface area contributed by atoms with Gasteiger partial charge in [-0.05, 0) is 25.7 Å². The summed E-state index contributed by atoms with van der Waals surface area (Å²) >= 11 is 0. The molecule has 1 unspecified atom stereocenters. The van der Waals surface area contributed by atoms with Crippen LogP contribution in [0.15, 0.2) is 0 Å². The van der Waals surface area contributed by atoms with E-state index in [0.29, 0.717) is 32.5 Å². The van der Waals surface area contributed by atoms with E-state index in [4.69, 9.17) is 4.74 Å². The van der Waals surface area contributed by atoms with Gasteiger partial charge in [-0.2, -0.15) is 0 Å². The van der Waals surface area contributed by atoms with Gasteiger partial charge in [0.05, 0.1) is 24.5 Å². The summed E-state index contributed by atoms with van der Waals surface area (Å²) in [7, 11) is -3.36. The van der Waals surface area contributed by atoms with Gasteiger partial charge in [0.2, 0.25) is 15.9 Å². The minimum absolute atomic E-state index is 0.213. The van der Waals surface area contributed by atoms with Crippen LogP contribution in [0.25, 0.3) is 0 Å². The second kappa shape index (κ2) is 5.97. The second-order valence-electron chi connectivity index (χ2n) is 5.55. The summed E-state index contributed by atoms with van der Waals surface area (Å²) in [5.74, 6) is -0.240. The van der Waals surface area contributed by atoms with Crippen molar-refractivity contribution in [1.29, 1.82) is 0 Å². The standard InChI is InChI=1S/C12H22N2O5S/c1-20(17,18)13-9-11(16)14-6-4-12(5-7-14)10(15)3-2-8-19-12/h10,13,15H,2-9H2,1H3. The van der Waals surface area contributed by atoms with E-state index in [-0.39, 0.29) is 12.5 Å². The summed E-state index contributed by atoms with van der Waals surface area (Å²) in [4.78, 5) is 13.5. The number of aliphatic hydroxyl groups excluding tert-OH is 1. The minimum Gasteiger partial charge on any atom is -0.390 e. The first kappa shape index (κ1) is 15.7. The van der Waals surface area contributed by atoms with E-state index in [2.05, 4.69) is 4.72 Å². The Labute approximate surface area is 119 Å². The zero-order chi connectivity index (χ0) is 14.8. The predicted molar refractivity (Wildman–Crippen MR) is 72.6 cm³/mol. The van der Waals surface area contributed by atoms with Gasteiger partial charge in [-0.1, -0.05) is 0 Å². The molecule has 0 bridgehead atoms. The molecule has 116 valence electrons. The zero-order valence-electron chi connectivity index (χ0n) is 11.7. The first-order valence-electron chi connectivity index (χ1n) is 6.87. The van der Waals surface area contributed by atoms with Gasteiger partial charge >= 0.3 is 0 Å². The van der Waals surface area contributed by atoms with Crippen LogP contribution in [0.5, 0.6) is 0 Å². The fourth-order valence-corrected chi connectivity index (χ4v) is 3.21. The van der Waals surface area contributed by atoms with Crippen molar-refractivity contribution in [3.63, 3.8) is 0 Å². The lowest BCUT2D eigenvalue weighted by Crippen LogP contribution is -2.56. The molecule has 20 heavy (non-hydrogen) atoms. The highest BCUT2D eigenvalue weighted by atomic mass is 32.2. The zero-order valence-corrected chi connectivity index (χ0v) is 12.5. The van der Waals surface area contributed by atoms with Crippen molar-refractivity contribution in [2.45, 2.75) is 37.4 Å². The number of ether oxygens (including phenoxy) is 1. The molecule has 2 rings (SSSR count). The third-order valence-corrected chi connectivity index (χ3v) is 4.74. The third-order valence-electron chi connectivity index (χ3n) is 4.07. The van der Waals surface area contributed by atoms with Crippen molar-refractivity contribution in [2.24, 2.45) is 0 Å². The van der Waals surface area contributed by atoms with E-state index >= 15 is 0 Å². The van der Waals surface area contributed by atoms with E-state index in [1.165, 1.54) is 0 Å². The Morgan fingerprint density at radius 3 is 2.65 bits per heavy atom. The molecule has 0 saturated carbocycles. The molecule has 0 aliphatic carbocycles. The Hall–Kier alpha value is -0.700. The largest absolute Gasteiger partial charge is 0.390 e. The van der Waals surface area contributed by atoms with Crippen LogP contribution in [0.4, 0.5) is 0 Å². The van der Waals surface area contributed by atoms with E-state index in [1.54, 1.807) is 4.90 Å². The van der Waals surface area contributed by atoms with Gasteiger partial charge in [0.25, 0.3) is 0 Å². The molecule has 0 aromatic heterocycles. The number of nitrogens with zero attached hydrogens (tertiary/aromatic N) is 1. The van der Waals surface area contributed by atoms with Crippen LogP contribution in [-0.2, 0) is 19.6 Å². The highest BCUT2D eigenvalue weighted by Crippen LogP contribution is 2.35. The number of likely N-dealkylation sites (tertiary alicyclic amines) is 1. The summed E-state index contributed by atoms with van der Waals surface area (Å²) in [5.41, 5.74) is -0.515. The highest BCUT2D eigenvalue weighted by Gasteiger charge is 2.44. The van der Waals surface area contributed by atoms with Crippen molar-refractivity contribution in [3.8, 4) is 0 Å². The Balaban J connectivity index is 1.86. The van der Waals surface area contributed by atoms with Crippen molar-refractivity contribution < 1.29 is 23.1 Å². The van der Waals surface area contributed by atoms with Crippen LogP contribution in [-0.4, -0.2) is 68.5 Å². The maximum Gasteiger partial charge on any atom is 0.237 e. The number of nitrogens with one attached hydrogen (secondary N) is 1. The monoisotopic (exact) mass is 306 g/mol. The SMILES string of the molecule is CS(=O)(=O)NCC(=O)N1CCC2(CC1)OCCCC2O. The van der Waals surface area contributed by atoms with Crippen molar-refractivity contribution in [1.82, 2.24) is 9.62 Å². The molecular weight excluding hydrogens is 284 g/mol. The number of amides is 1. The molecule has 2 fully saturated rings. The summed E-state index contributed by atoms with van der Waals surface area (Å²) in [6.07, 6.45) is 3.35. The molecule has 2 heterocycles. The van der Waals surface area contributed by atoms with Gasteiger partial charge in [-0.25, -0.2) is 13.1 Å². The van der Waals surface area contributed by atoms with Crippen LogP contribution < -0.4 is 4.72 Å². The Kier molecular flexibility index (Phi) is 4.68. The van der Waals surface area contributed by atoms with E-state index < -0.39 is 21.7 Å². The lowest BCUT2D eigenvalue weighted by atomic mass is 9.82. The topological polar surface area (TPSA) is 95.9 Å². The molecule has 2 aliphatic heterocycles. The Morgan fingerprint density at radius 2 is 2.10 bits per heavy atom. The average molecular weight is 306 g/mol. The summed E-state index contributed by atoms with van der Waals surface area (Å²) in [6.45, 7) is 1.42. The van der Waals surface area contributed by atoms with Gasteiger partial charge in [0, 0.05) is 19.7 Å². The van der Waals surface area contributed by atoms with Crippen molar-refractivity contribution in [2.75, 3.05) is 32.5 Å². The van der Waals surface area contributed by atoms with E-state index in [1.807, 2.05) is 0 Å². The van der Waals surface area contributed by atoms with Gasteiger partial charge in [-0.15, -0.1) is 0 Å². The first-order valence-corrected chi connectivity index (χ1v) is 8.76. The average Bonchev–Trinajstić information content (AvgIpc) is 2.40. The predicted octanol–water partition coefficient (Wildman–Crippen LogP) is -0.932. The molecule has 1 atom stereocenters. The molecule has 0 aromatic rings. The number of aliphatic hydroxyl groups is 1. The number of rotatable bonds is 3. The fraction of sp³-hybridized carbons (Fsp3) is 0.917.